The zero-order valence-corrected chi connectivity index (χ0v) is 12.1. The molecule has 6 heteroatoms. The summed E-state index contributed by atoms with van der Waals surface area (Å²) in [5.41, 5.74) is -0.253. The summed E-state index contributed by atoms with van der Waals surface area (Å²) >= 11 is -2.08. The summed E-state index contributed by atoms with van der Waals surface area (Å²) in [6.07, 6.45) is 0. The second-order valence-corrected chi connectivity index (χ2v) is 5.73. The molecule has 0 heterocycles. The minimum Gasteiger partial charge on any atom is -0.452 e. The van der Waals surface area contributed by atoms with Crippen molar-refractivity contribution >= 4 is 15.1 Å². The summed E-state index contributed by atoms with van der Waals surface area (Å²) in [5.74, 6) is 0. The maximum absolute atomic E-state index is 5.71. The van der Waals surface area contributed by atoms with Crippen LogP contribution >= 0.6 is 0 Å². The third kappa shape index (κ3) is 10.8. The highest BCUT2D eigenvalue weighted by molar-refractivity contribution is 6.36. The molecule has 5 nitrogen and oxygen atoms in total. The van der Waals surface area contributed by atoms with E-state index in [1.807, 2.05) is 20.8 Å². The lowest BCUT2D eigenvalue weighted by Crippen LogP contribution is -2.37. The molecule has 0 bridgehead atoms. The van der Waals surface area contributed by atoms with Gasteiger partial charge < -0.3 is 20.8 Å². The summed E-state index contributed by atoms with van der Waals surface area (Å²) in [6, 6.07) is 0. The first-order valence-electron chi connectivity index (χ1n) is 5.38. The van der Waals surface area contributed by atoms with E-state index in [1.165, 1.54) is 0 Å². The van der Waals surface area contributed by atoms with E-state index >= 15 is 0 Å². The maximum Gasteiger partial charge on any atom is 0.906 e. The first kappa shape index (κ1) is 16.3. The Morgan fingerprint density at radius 3 is 1.62 bits per heavy atom. The van der Waals surface area contributed by atoms with E-state index in [2.05, 4.69) is 0 Å². The van der Waals surface area contributed by atoms with Crippen LogP contribution in [0.3, 0.4) is 0 Å². The fraction of sp³-hybridized carbons (Fsp3) is 1.00. The van der Waals surface area contributed by atoms with Crippen molar-refractivity contribution in [2.24, 2.45) is 0 Å². The highest BCUT2D eigenvalue weighted by Gasteiger charge is 2.35. The van der Waals surface area contributed by atoms with E-state index in [1.54, 1.807) is 14.2 Å². The lowest BCUT2D eigenvalue weighted by molar-refractivity contribution is 0.00419. The zero-order valence-electron chi connectivity index (χ0n) is 10.9. The predicted octanol–water partition coefficient (Wildman–Crippen LogP) is 1.36. The molecule has 0 aromatic carbocycles. The molecule has 0 saturated carbocycles. The van der Waals surface area contributed by atoms with Crippen molar-refractivity contribution in [3.05, 3.63) is 0 Å². The Labute approximate surface area is 105 Å². The summed E-state index contributed by atoms with van der Waals surface area (Å²) in [5, 5.41) is 0. The number of methoxy groups -OCH3 is 2. The van der Waals surface area contributed by atoms with Crippen molar-refractivity contribution in [1.29, 1.82) is 0 Å². The van der Waals surface area contributed by atoms with Crippen LogP contribution < -0.4 is 0 Å². The number of hydrogen-bond donors (Lipinski definition) is 0. The molecule has 0 rings (SSSR count). The Kier molecular flexibility index (Phi) is 9.57. The molecule has 0 N–H and O–H groups in total. The monoisotopic (exact) mass is 252 g/mol. The SMILES string of the molecule is COCC[O][Al]([O]CCOC)[O]C(C)(C)C.[HH]. The summed E-state index contributed by atoms with van der Waals surface area (Å²) in [4.78, 5) is 0. The minimum atomic E-state index is -2.08. The largest absolute Gasteiger partial charge is 0.906 e. The molecule has 0 spiro atoms. The summed E-state index contributed by atoms with van der Waals surface area (Å²) in [6.45, 7) is 8.02. The minimum absolute atomic E-state index is 0. The molecular formula is C10H25AlO5. The average molecular weight is 252 g/mol. The van der Waals surface area contributed by atoms with Crippen molar-refractivity contribution in [2.45, 2.75) is 26.4 Å². The molecule has 0 aliphatic rings. The van der Waals surface area contributed by atoms with Crippen LogP contribution in [0.5, 0.6) is 0 Å². The Bertz CT molecular complexity index is 155. The summed E-state index contributed by atoms with van der Waals surface area (Å²) in [7, 11) is 3.27. The van der Waals surface area contributed by atoms with Gasteiger partial charge in [-0.3, -0.25) is 0 Å². The molecule has 0 aliphatic carbocycles. The standard InChI is InChI=1S/C4H9O.2C3H7O2.Al.H2/c1-4(2,3)5;2*1-5-3-2-4;;/h1-3H3;2*2-3H2,1H3;;1H/q3*-1;+3;. The number of rotatable bonds is 9. The molecule has 0 fully saturated rings. The smallest absolute Gasteiger partial charge is 0.452 e. The van der Waals surface area contributed by atoms with E-state index < -0.39 is 15.1 Å². The fourth-order valence-electron chi connectivity index (χ4n) is 0.860. The van der Waals surface area contributed by atoms with Crippen molar-refractivity contribution in [3.8, 4) is 0 Å². The van der Waals surface area contributed by atoms with Gasteiger partial charge in [-0.05, 0) is 20.8 Å². The Morgan fingerprint density at radius 1 is 0.875 bits per heavy atom. The molecule has 0 aliphatic heterocycles. The van der Waals surface area contributed by atoms with Gasteiger partial charge in [-0.15, -0.1) is 0 Å². The van der Waals surface area contributed by atoms with Crippen molar-refractivity contribution < 1.29 is 22.3 Å². The third-order valence-corrected chi connectivity index (χ3v) is 3.45. The van der Waals surface area contributed by atoms with Gasteiger partial charge >= 0.3 is 15.1 Å². The quantitative estimate of drug-likeness (QED) is 0.458. The second kappa shape index (κ2) is 9.37. The van der Waals surface area contributed by atoms with E-state index in [4.69, 9.17) is 20.8 Å². The molecule has 0 aromatic rings. The molecule has 0 saturated heterocycles. The predicted molar refractivity (Wildman–Crippen MR) is 64.4 cm³/mol. The van der Waals surface area contributed by atoms with Crippen molar-refractivity contribution in [3.63, 3.8) is 0 Å². The topological polar surface area (TPSA) is 46.2 Å². The fourth-order valence-corrected chi connectivity index (χ4v) is 2.25. The Balaban J connectivity index is 0. The lowest BCUT2D eigenvalue weighted by atomic mass is 10.2. The van der Waals surface area contributed by atoms with Gasteiger partial charge in [0.2, 0.25) is 0 Å². The van der Waals surface area contributed by atoms with Crippen LogP contribution in [0.1, 0.15) is 22.2 Å². The van der Waals surface area contributed by atoms with Crippen LogP contribution in [-0.2, 0) is 20.8 Å². The van der Waals surface area contributed by atoms with Crippen LogP contribution in [0.15, 0.2) is 0 Å². The maximum atomic E-state index is 5.71. The van der Waals surface area contributed by atoms with Crippen molar-refractivity contribution in [1.82, 2.24) is 0 Å². The first-order chi connectivity index (χ1) is 7.49. The molecule has 98 valence electrons. The molecule has 0 unspecified atom stereocenters. The van der Waals surface area contributed by atoms with Crippen LogP contribution in [-0.4, -0.2) is 61.4 Å². The lowest BCUT2D eigenvalue weighted by Gasteiger charge is -2.24. The summed E-state index contributed by atoms with van der Waals surface area (Å²) < 4.78 is 26.6. The molecule has 0 atom stereocenters. The van der Waals surface area contributed by atoms with Gasteiger partial charge in [0.25, 0.3) is 0 Å². The van der Waals surface area contributed by atoms with E-state index in [0.29, 0.717) is 26.4 Å². The highest BCUT2D eigenvalue weighted by atomic mass is 27.3. The normalized spacial score (nSPS) is 11.8. The van der Waals surface area contributed by atoms with E-state index in [0.717, 1.165) is 0 Å². The zero-order chi connectivity index (χ0) is 12.4. The molecule has 16 heavy (non-hydrogen) atoms. The van der Waals surface area contributed by atoms with Crippen LogP contribution in [0.25, 0.3) is 0 Å². The Hall–Kier alpha value is 0.332. The molecule has 0 aromatic heterocycles. The van der Waals surface area contributed by atoms with Gasteiger partial charge in [-0.2, -0.15) is 0 Å². The van der Waals surface area contributed by atoms with Crippen LogP contribution in [0.4, 0.5) is 0 Å². The number of hydrogen-bond acceptors (Lipinski definition) is 5. The van der Waals surface area contributed by atoms with Gasteiger partial charge in [-0.25, -0.2) is 0 Å². The Morgan fingerprint density at radius 2 is 1.31 bits per heavy atom. The van der Waals surface area contributed by atoms with Gasteiger partial charge in [-0.1, -0.05) is 0 Å². The van der Waals surface area contributed by atoms with Crippen molar-refractivity contribution in [2.75, 3.05) is 40.6 Å². The highest BCUT2D eigenvalue weighted by Crippen LogP contribution is 2.10. The van der Waals surface area contributed by atoms with Crippen LogP contribution in [0, 0.1) is 0 Å². The van der Waals surface area contributed by atoms with Crippen LogP contribution in [0.2, 0.25) is 0 Å². The first-order valence-corrected chi connectivity index (χ1v) is 6.80. The average Bonchev–Trinajstić information content (AvgIpc) is 2.16. The molecular weight excluding hydrogens is 227 g/mol. The van der Waals surface area contributed by atoms with Gasteiger partial charge in [0, 0.05) is 34.5 Å². The van der Waals surface area contributed by atoms with Gasteiger partial charge in [0.1, 0.15) is 0 Å². The molecule has 0 amide bonds. The third-order valence-electron chi connectivity index (χ3n) is 1.53. The molecule has 0 radical (unpaired) electrons. The van der Waals surface area contributed by atoms with Gasteiger partial charge in [0.05, 0.1) is 13.2 Å². The van der Waals surface area contributed by atoms with E-state index in [-0.39, 0.29) is 7.03 Å². The van der Waals surface area contributed by atoms with E-state index in [9.17, 15) is 0 Å². The second-order valence-electron chi connectivity index (χ2n) is 4.25. The van der Waals surface area contributed by atoms with Gasteiger partial charge in [0.15, 0.2) is 0 Å². The number of ether oxygens (including phenoxy) is 2.